The van der Waals surface area contributed by atoms with Gasteiger partial charge in [-0.3, -0.25) is 9.59 Å². The second-order valence-electron chi connectivity index (χ2n) is 7.21. The van der Waals surface area contributed by atoms with Crippen molar-refractivity contribution in [3.63, 3.8) is 0 Å². The third-order valence-electron chi connectivity index (χ3n) is 4.83. The van der Waals surface area contributed by atoms with E-state index in [1.807, 2.05) is 6.07 Å². The number of nitrogens with two attached hydrogens (primary N) is 1. The van der Waals surface area contributed by atoms with Crippen LogP contribution < -0.4 is 15.8 Å². The molecule has 0 bridgehead atoms. The van der Waals surface area contributed by atoms with Gasteiger partial charge in [0.2, 0.25) is 5.91 Å². The average molecular weight is 438 g/mol. The van der Waals surface area contributed by atoms with Crippen molar-refractivity contribution in [2.45, 2.75) is 19.4 Å². The van der Waals surface area contributed by atoms with Crippen LogP contribution in [0.15, 0.2) is 53.1 Å². The minimum atomic E-state index is -0.240. The number of nitrogens with one attached hydrogen (secondary N) is 1. The second kappa shape index (κ2) is 8.65. The van der Waals surface area contributed by atoms with Gasteiger partial charge in [0.1, 0.15) is 23.4 Å². The lowest BCUT2D eigenvalue weighted by Crippen LogP contribution is -2.33. The first kappa shape index (κ1) is 20.7. The van der Waals surface area contributed by atoms with Crippen LogP contribution in [0.4, 0.5) is 5.82 Å². The number of nitrogen functional groups attached to an aromatic ring is 1. The first-order chi connectivity index (χ1) is 14.9. The fourth-order valence-corrected chi connectivity index (χ4v) is 3.57. The van der Waals surface area contributed by atoms with E-state index in [4.69, 9.17) is 26.5 Å². The fourth-order valence-electron chi connectivity index (χ4n) is 3.29. The van der Waals surface area contributed by atoms with E-state index in [1.54, 1.807) is 42.6 Å². The predicted octanol–water partition coefficient (Wildman–Crippen LogP) is 3.91. The molecule has 1 amide bonds. The maximum Gasteiger partial charge on any atom is 0.244 e. The zero-order chi connectivity index (χ0) is 22.0. The molecule has 31 heavy (non-hydrogen) atoms. The first-order valence-corrected chi connectivity index (χ1v) is 10.0. The van der Waals surface area contributed by atoms with E-state index in [0.717, 1.165) is 16.7 Å². The van der Waals surface area contributed by atoms with Gasteiger partial charge in [-0.15, -0.1) is 0 Å². The van der Waals surface area contributed by atoms with Gasteiger partial charge in [0.25, 0.3) is 0 Å². The van der Waals surface area contributed by atoms with Crippen LogP contribution in [0.1, 0.15) is 28.6 Å². The maximum atomic E-state index is 12.1. The highest BCUT2D eigenvalue weighted by Gasteiger charge is 2.26. The summed E-state index contributed by atoms with van der Waals surface area (Å²) in [7, 11) is 0. The van der Waals surface area contributed by atoms with Crippen molar-refractivity contribution in [3.05, 3.63) is 70.6 Å². The summed E-state index contributed by atoms with van der Waals surface area (Å²) in [5.41, 5.74) is 8.01. The zero-order valence-corrected chi connectivity index (χ0v) is 17.5. The number of nitrogens with zero attached hydrogens (tertiary/aromatic N) is 1. The highest BCUT2D eigenvalue weighted by Crippen LogP contribution is 2.39. The molecule has 0 aliphatic carbocycles. The number of fused-ring (bicyclic) bond motifs is 1. The summed E-state index contributed by atoms with van der Waals surface area (Å²) in [5.74, 6) is 1.51. The number of aromatic nitrogens is 1. The Morgan fingerprint density at radius 2 is 2.13 bits per heavy atom. The number of Topliss-reactive ketones (excluding diaryl/α,β-unsaturated/α-hetero) is 1. The third kappa shape index (κ3) is 4.78. The number of ketones is 1. The Hall–Kier alpha value is -3.58. The number of furan rings is 1. The first-order valence-electron chi connectivity index (χ1n) is 9.66. The molecule has 3 aromatic rings. The fraction of sp³-hybridized carbons (Fsp3) is 0.174. The number of hydrogen-bond acceptors (Lipinski definition) is 6. The Bertz CT molecular complexity index is 1170. The van der Waals surface area contributed by atoms with Gasteiger partial charge in [0.05, 0.1) is 11.6 Å². The minimum Gasteiger partial charge on any atom is -0.486 e. The van der Waals surface area contributed by atoms with Crippen LogP contribution in [0.3, 0.4) is 0 Å². The van der Waals surface area contributed by atoms with E-state index >= 15 is 0 Å². The van der Waals surface area contributed by atoms with Crippen LogP contribution in [-0.2, 0) is 11.2 Å². The molecule has 158 valence electrons. The van der Waals surface area contributed by atoms with Crippen LogP contribution in [-0.4, -0.2) is 29.3 Å². The molecule has 4 rings (SSSR count). The van der Waals surface area contributed by atoms with E-state index in [0.29, 0.717) is 41.1 Å². The quantitative estimate of drug-likeness (QED) is 0.447. The summed E-state index contributed by atoms with van der Waals surface area (Å²) in [6.07, 6.45) is 5.04. The SMILES string of the molecule is CC(=O)c1ccc(-c2cc(Cl)c3c(c2)CC(CNC(=O)/C=C/c2ccc(N)nc2)O3)o1. The topological polar surface area (TPSA) is 107 Å². The Labute approximate surface area is 183 Å². The summed E-state index contributed by atoms with van der Waals surface area (Å²) < 4.78 is 11.5. The average Bonchev–Trinajstić information content (AvgIpc) is 3.39. The number of carbonyl (C=O) groups excluding carboxylic acids is 2. The molecule has 1 atom stereocenters. The van der Waals surface area contributed by atoms with Gasteiger partial charge < -0.3 is 20.2 Å². The van der Waals surface area contributed by atoms with Gasteiger partial charge in [0.15, 0.2) is 11.5 Å². The van der Waals surface area contributed by atoms with E-state index in [2.05, 4.69) is 10.3 Å². The summed E-state index contributed by atoms with van der Waals surface area (Å²) in [5, 5.41) is 3.28. The monoisotopic (exact) mass is 437 g/mol. The highest BCUT2D eigenvalue weighted by atomic mass is 35.5. The van der Waals surface area contributed by atoms with E-state index < -0.39 is 0 Å². The molecule has 0 saturated carbocycles. The van der Waals surface area contributed by atoms with E-state index in [1.165, 1.54) is 13.0 Å². The number of anilines is 1. The molecule has 0 radical (unpaired) electrons. The van der Waals surface area contributed by atoms with Crippen LogP contribution in [0.2, 0.25) is 5.02 Å². The number of amides is 1. The van der Waals surface area contributed by atoms with Crippen molar-refractivity contribution in [1.82, 2.24) is 10.3 Å². The lowest BCUT2D eigenvalue weighted by atomic mass is 10.0. The predicted molar refractivity (Wildman–Crippen MR) is 118 cm³/mol. The van der Waals surface area contributed by atoms with E-state index in [9.17, 15) is 9.59 Å². The number of benzene rings is 1. The van der Waals surface area contributed by atoms with Gasteiger partial charge in [-0.25, -0.2) is 4.98 Å². The summed E-state index contributed by atoms with van der Waals surface area (Å²) in [6.45, 7) is 1.78. The molecule has 0 fully saturated rings. The molecule has 0 spiro atoms. The molecule has 0 saturated heterocycles. The molecule has 8 heteroatoms. The number of ether oxygens (including phenoxy) is 1. The molecular formula is C23H20ClN3O4. The maximum absolute atomic E-state index is 12.1. The van der Waals surface area contributed by atoms with Crippen molar-refractivity contribution < 1.29 is 18.7 Å². The molecule has 2 aromatic heterocycles. The molecule has 3 N–H and O–H groups in total. The van der Waals surface area contributed by atoms with Crippen LogP contribution >= 0.6 is 11.6 Å². The molecule has 1 unspecified atom stereocenters. The van der Waals surface area contributed by atoms with Crippen LogP contribution in [0.25, 0.3) is 17.4 Å². The van der Waals surface area contributed by atoms with Gasteiger partial charge in [-0.1, -0.05) is 11.6 Å². The number of rotatable bonds is 6. The number of halogens is 1. The number of pyridine rings is 1. The number of hydrogen-bond donors (Lipinski definition) is 2. The Balaban J connectivity index is 1.38. The Morgan fingerprint density at radius 3 is 2.84 bits per heavy atom. The standard InChI is InChI=1S/C23H20ClN3O4/c1-13(28)19-4-5-20(31-19)15-8-16-9-17(30-23(16)18(24)10-15)12-27-22(29)7-3-14-2-6-21(25)26-11-14/h2-8,10-11,17H,9,12H2,1H3,(H2,25,26)(H,27,29)/b7-3+. The van der Waals surface area contributed by atoms with Gasteiger partial charge in [-0.05, 0) is 48.0 Å². The zero-order valence-electron chi connectivity index (χ0n) is 16.7. The van der Waals surface area contributed by atoms with E-state index in [-0.39, 0.29) is 17.8 Å². The minimum absolute atomic E-state index is 0.139. The second-order valence-corrected chi connectivity index (χ2v) is 7.61. The largest absolute Gasteiger partial charge is 0.486 e. The summed E-state index contributed by atoms with van der Waals surface area (Å²) >= 11 is 6.40. The van der Waals surface area contributed by atoms with Gasteiger partial charge >= 0.3 is 0 Å². The summed E-state index contributed by atoms with van der Waals surface area (Å²) in [4.78, 5) is 27.6. The molecule has 3 heterocycles. The third-order valence-corrected chi connectivity index (χ3v) is 5.11. The van der Waals surface area contributed by atoms with Crippen LogP contribution in [0.5, 0.6) is 5.75 Å². The smallest absolute Gasteiger partial charge is 0.244 e. The molecule has 1 aromatic carbocycles. The lowest BCUT2D eigenvalue weighted by molar-refractivity contribution is -0.116. The Kier molecular flexibility index (Phi) is 5.77. The van der Waals surface area contributed by atoms with Gasteiger partial charge in [0, 0.05) is 36.7 Å². The Morgan fingerprint density at radius 1 is 1.29 bits per heavy atom. The lowest BCUT2D eigenvalue weighted by Gasteiger charge is -2.11. The van der Waals surface area contributed by atoms with Crippen molar-refractivity contribution in [2.24, 2.45) is 0 Å². The van der Waals surface area contributed by atoms with Crippen molar-refractivity contribution in [1.29, 1.82) is 0 Å². The normalized spacial score (nSPS) is 15.0. The molecule has 1 aliphatic heterocycles. The summed E-state index contributed by atoms with van der Waals surface area (Å²) in [6, 6.07) is 10.5. The van der Waals surface area contributed by atoms with Crippen molar-refractivity contribution in [3.8, 4) is 17.1 Å². The van der Waals surface area contributed by atoms with Crippen LogP contribution in [0, 0.1) is 0 Å². The molecule has 7 nitrogen and oxygen atoms in total. The van der Waals surface area contributed by atoms with Crippen molar-refractivity contribution in [2.75, 3.05) is 12.3 Å². The number of carbonyl (C=O) groups is 2. The molecule has 1 aliphatic rings. The highest BCUT2D eigenvalue weighted by molar-refractivity contribution is 6.32. The van der Waals surface area contributed by atoms with Gasteiger partial charge in [-0.2, -0.15) is 0 Å². The van der Waals surface area contributed by atoms with Crippen molar-refractivity contribution >= 4 is 35.2 Å². The molecular weight excluding hydrogens is 418 g/mol.